The first-order valence-electron chi connectivity index (χ1n) is 6.94. The summed E-state index contributed by atoms with van der Waals surface area (Å²) < 4.78 is 46.1. The highest BCUT2D eigenvalue weighted by Gasteiger charge is 2.40. The van der Waals surface area contributed by atoms with Crippen molar-refractivity contribution in [2.24, 2.45) is 0 Å². The third-order valence-corrected chi connectivity index (χ3v) is 3.47. The molecule has 10 heteroatoms. The van der Waals surface area contributed by atoms with Crippen molar-refractivity contribution in [3.05, 3.63) is 23.9 Å². The maximum Gasteiger partial charge on any atom is 0.422 e. The molecule has 0 bridgehead atoms. The van der Waals surface area contributed by atoms with Crippen LogP contribution in [-0.2, 0) is 9.53 Å². The largest absolute Gasteiger partial charge is 0.480 e. The number of carboxylic acids is 1. The number of likely N-dealkylation sites (tertiary alicyclic amines) is 1. The predicted octanol–water partition coefficient (Wildman–Crippen LogP) is 1.34. The van der Waals surface area contributed by atoms with Gasteiger partial charge in [-0.1, -0.05) is 6.07 Å². The van der Waals surface area contributed by atoms with Gasteiger partial charge >= 0.3 is 12.1 Å². The Bertz CT molecular complexity index is 623. The van der Waals surface area contributed by atoms with Crippen LogP contribution in [0.2, 0.25) is 0 Å². The van der Waals surface area contributed by atoms with E-state index in [0.717, 1.165) is 4.90 Å². The summed E-state index contributed by atoms with van der Waals surface area (Å²) in [5.41, 5.74) is -0.197. The molecule has 1 N–H and O–H groups in total. The van der Waals surface area contributed by atoms with Gasteiger partial charge in [-0.2, -0.15) is 13.2 Å². The van der Waals surface area contributed by atoms with Crippen LogP contribution in [-0.4, -0.2) is 65.5 Å². The molecule has 1 aromatic rings. The minimum Gasteiger partial charge on any atom is -0.480 e. The third kappa shape index (κ3) is 4.34. The summed E-state index contributed by atoms with van der Waals surface area (Å²) in [6, 6.07) is 2.69. The Morgan fingerprint density at radius 3 is 2.71 bits per heavy atom. The molecule has 2 atom stereocenters. The van der Waals surface area contributed by atoms with Gasteiger partial charge in [0.15, 0.2) is 6.61 Å². The molecular formula is C14H15F3N2O5. The quantitative estimate of drug-likeness (QED) is 0.864. The van der Waals surface area contributed by atoms with Crippen LogP contribution in [0.25, 0.3) is 0 Å². The van der Waals surface area contributed by atoms with E-state index in [-0.39, 0.29) is 24.5 Å². The number of nitrogens with zero attached hydrogens (tertiary/aromatic N) is 2. The molecule has 132 valence electrons. The van der Waals surface area contributed by atoms with E-state index in [2.05, 4.69) is 9.72 Å². The maximum absolute atomic E-state index is 12.4. The topological polar surface area (TPSA) is 89.0 Å². The van der Waals surface area contributed by atoms with Crippen LogP contribution in [0.15, 0.2) is 18.2 Å². The molecule has 0 radical (unpaired) electrons. The predicted molar refractivity (Wildman–Crippen MR) is 73.7 cm³/mol. The molecule has 0 spiro atoms. The number of methoxy groups -OCH3 is 1. The van der Waals surface area contributed by atoms with E-state index in [9.17, 15) is 27.9 Å². The third-order valence-electron chi connectivity index (χ3n) is 3.47. The first-order chi connectivity index (χ1) is 11.2. The second kappa shape index (κ2) is 7.04. The Morgan fingerprint density at radius 2 is 2.12 bits per heavy atom. The number of amides is 1. The van der Waals surface area contributed by atoms with Crippen LogP contribution < -0.4 is 4.74 Å². The highest BCUT2D eigenvalue weighted by atomic mass is 19.4. The van der Waals surface area contributed by atoms with Crippen molar-refractivity contribution in [2.75, 3.05) is 20.3 Å². The highest BCUT2D eigenvalue weighted by Crippen LogP contribution is 2.23. The van der Waals surface area contributed by atoms with Gasteiger partial charge in [-0.05, 0) is 6.07 Å². The van der Waals surface area contributed by atoms with Gasteiger partial charge in [-0.3, -0.25) is 4.79 Å². The van der Waals surface area contributed by atoms with E-state index in [1.165, 1.54) is 25.3 Å². The van der Waals surface area contributed by atoms with Crippen molar-refractivity contribution in [1.82, 2.24) is 9.88 Å². The summed E-state index contributed by atoms with van der Waals surface area (Å²) in [6.07, 6.45) is -4.84. The Hall–Kier alpha value is -2.36. The zero-order valence-corrected chi connectivity index (χ0v) is 12.6. The number of hydrogen-bond donors (Lipinski definition) is 1. The van der Waals surface area contributed by atoms with Gasteiger partial charge in [0, 0.05) is 26.1 Å². The second-order valence-electron chi connectivity index (χ2n) is 5.17. The molecule has 2 heterocycles. The molecule has 1 aromatic heterocycles. The Balaban J connectivity index is 2.15. The summed E-state index contributed by atoms with van der Waals surface area (Å²) in [6.45, 7) is -1.48. The molecule has 1 fully saturated rings. The molecule has 7 nitrogen and oxygen atoms in total. The van der Waals surface area contributed by atoms with Crippen molar-refractivity contribution >= 4 is 11.9 Å². The first-order valence-corrected chi connectivity index (χ1v) is 6.94. The van der Waals surface area contributed by atoms with E-state index in [1.54, 1.807) is 0 Å². The van der Waals surface area contributed by atoms with Gasteiger partial charge in [0.25, 0.3) is 5.91 Å². The van der Waals surface area contributed by atoms with Gasteiger partial charge in [-0.25, -0.2) is 9.78 Å². The monoisotopic (exact) mass is 348 g/mol. The van der Waals surface area contributed by atoms with Gasteiger partial charge in [0.2, 0.25) is 5.88 Å². The standard InChI is InChI=1S/C14H15F3N2O5/c1-23-8-5-10(13(21)22)19(6-8)12(20)9-3-2-4-11(18-9)24-7-14(15,16)17/h2-4,8,10H,5-7H2,1H3,(H,21,22). The van der Waals surface area contributed by atoms with Crippen LogP contribution in [0.3, 0.4) is 0 Å². The Labute approximate surface area is 135 Å². The van der Waals surface area contributed by atoms with Crippen molar-refractivity contribution in [1.29, 1.82) is 0 Å². The average molecular weight is 348 g/mol. The lowest BCUT2D eigenvalue weighted by Crippen LogP contribution is -2.41. The van der Waals surface area contributed by atoms with Gasteiger partial charge in [0.05, 0.1) is 6.10 Å². The minimum absolute atomic E-state index is 0.0572. The van der Waals surface area contributed by atoms with Gasteiger partial charge < -0.3 is 19.5 Å². The lowest BCUT2D eigenvalue weighted by Gasteiger charge is -2.21. The number of hydrogen-bond acceptors (Lipinski definition) is 5. The molecule has 1 aliphatic rings. The van der Waals surface area contributed by atoms with Crippen molar-refractivity contribution < 1.29 is 37.3 Å². The van der Waals surface area contributed by atoms with Gasteiger partial charge in [-0.15, -0.1) is 0 Å². The average Bonchev–Trinajstić information content (AvgIpc) is 2.96. The second-order valence-corrected chi connectivity index (χ2v) is 5.17. The van der Waals surface area contributed by atoms with Crippen molar-refractivity contribution in [3.63, 3.8) is 0 Å². The SMILES string of the molecule is COC1CC(C(=O)O)N(C(=O)c2cccc(OCC(F)(F)F)n2)C1. The molecule has 1 saturated heterocycles. The summed E-state index contributed by atoms with van der Waals surface area (Å²) in [7, 11) is 1.40. The molecule has 2 unspecified atom stereocenters. The Morgan fingerprint density at radius 1 is 1.42 bits per heavy atom. The van der Waals surface area contributed by atoms with Crippen LogP contribution in [0, 0.1) is 0 Å². The molecule has 0 aliphatic carbocycles. The van der Waals surface area contributed by atoms with Crippen molar-refractivity contribution in [3.8, 4) is 5.88 Å². The van der Waals surface area contributed by atoms with Crippen LogP contribution in [0.1, 0.15) is 16.9 Å². The summed E-state index contributed by atoms with van der Waals surface area (Å²) in [5, 5.41) is 9.20. The van der Waals surface area contributed by atoms with Crippen LogP contribution in [0.4, 0.5) is 13.2 Å². The number of ether oxygens (including phenoxy) is 2. The number of carbonyl (C=O) groups excluding carboxylic acids is 1. The van der Waals surface area contributed by atoms with Crippen LogP contribution >= 0.6 is 0 Å². The molecule has 0 saturated carbocycles. The van der Waals surface area contributed by atoms with Crippen molar-refractivity contribution in [2.45, 2.75) is 24.7 Å². The van der Waals surface area contributed by atoms with E-state index in [1.807, 2.05) is 0 Å². The fraction of sp³-hybridized carbons (Fsp3) is 0.500. The maximum atomic E-state index is 12.4. The van der Waals surface area contributed by atoms with Gasteiger partial charge in [0.1, 0.15) is 11.7 Å². The normalized spacial score (nSPS) is 20.9. The lowest BCUT2D eigenvalue weighted by atomic mass is 10.2. The lowest BCUT2D eigenvalue weighted by molar-refractivity contribution is -0.154. The zero-order valence-electron chi connectivity index (χ0n) is 12.6. The first kappa shape index (κ1) is 18.0. The van der Waals surface area contributed by atoms with Crippen LogP contribution in [0.5, 0.6) is 5.88 Å². The number of aromatic nitrogens is 1. The number of aliphatic carboxylic acids is 1. The molecule has 2 rings (SSSR count). The molecule has 24 heavy (non-hydrogen) atoms. The van der Waals surface area contributed by atoms with E-state index in [0.29, 0.717) is 0 Å². The van der Waals surface area contributed by atoms with E-state index < -0.39 is 36.8 Å². The summed E-state index contributed by atoms with van der Waals surface area (Å²) in [4.78, 5) is 28.5. The van der Waals surface area contributed by atoms with E-state index in [4.69, 9.17) is 4.74 Å². The molecule has 1 aliphatic heterocycles. The summed E-state index contributed by atoms with van der Waals surface area (Å²) >= 11 is 0. The molecule has 1 amide bonds. The number of carbonyl (C=O) groups is 2. The van der Waals surface area contributed by atoms with E-state index >= 15 is 0 Å². The number of rotatable bonds is 5. The minimum atomic E-state index is -4.53. The molecule has 0 aromatic carbocycles. The fourth-order valence-corrected chi connectivity index (χ4v) is 2.34. The number of carboxylic acid groups (broad SMARTS) is 1. The zero-order chi connectivity index (χ0) is 17.9. The number of pyridine rings is 1. The fourth-order valence-electron chi connectivity index (χ4n) is 2.34. The number of halogens is 3. The smallest absolute Gasteiger partial charge is 0.422 e. The highest BCUT2D eigenvalue weighted by molar-refractivity contribution is 5.95. The summed E-state index contributed by atoms with van der Waals surface area (Å²) in [5.74, 6) is -2.26. The molecular weight excluding hydrogens is 333 g/mol. The number of alkyl halides is 3. The Kier molecular flexibility index (Phi) is 5.27.